The Morgan fingerprint density at radius 3 is 0.667 bits per heavy atom. The molecule has 0 aliphatic rings. The molecule has 0 bridgehead atoms. The minimum Gasteiger partial charge on any atom is 2.00 e. The third kappa shape index (κ3) is 195. The molecule has 0 amide bonds. The van der Waals surface area contributed by atoms with Gasteiger partial charge >= 0.3 is 153 Å². The molecule has 0 N–H and O–H groups in total. The Labute approximate surface area is 149 Å². The molecule has 12 heteroatoms. The SMILES string of the molecule is [Ba+2].[O]=[Cr](=[O])([O-])[O-].[O]=[Cr](=[O])([O-])[O-].[Sr+2]. The summed E-state index contributed by atoms with van der Waals surface area (Å²) < 4.78 is 68.8. The second-order valence-corrected chi connectivity index (χ2v) is 3.37. The second-order valence-electron chi connectivity index (χ2n) is 0.816. The molecule has 8 nitrogen and oxygen atoms in total. The van der Waals surface area contributed by atoms with Crippen molar-refractivity contribution < 1.29 is 59.1 Å². The minimum atomic E-state index is -5.75. The maximum Gasteiger partial charge on any atom is 2.00 e. The molecule has 0 saturated carbocycles. The van der Waals surface area contributed by atoms with Crippen LogP contribution in [0.4, 0.5) is 0 Å². The molecule has 0 aromatic rings. The molecule has 0 spiro atoms. The normalized spacial score (nSPS) is 9.67. The molecule has 0 radical (unpaired) electrons. The van der Waals surface area contributed by atoms with E-state index in [-0.39, 0.29) is 94.4 Å². The van der Waals surface area contributed by atoms with E-state index in [0.29, 0.717) is 0 Å². The second kappa shape index (κ2) is 10.7. The molecule has 0 unspecified atom stereocenters. The first-order valence-corrected chi connectivity index (χ1v) is 5.50. The van der Waals surface area contributed by atoms with Crippen LogP contribution in [0.5, 0.6) is 0 Å². The quantitative estimate of drug-likeness (QED) is 0.325. The van der Waals surface area contributed by atoms with Crippen molar-refractivity contribution in [2.45, 2.75) is 0 Å². The van der Waals surface area contributed by atoms with Crippen LogP contribution < -0.4 is 16.6 Å². The van der Waals surface area contributed by atoms with Gasteiger partial charge in [-0.2, -0.15) is 0 Å². The van der Waals surface area contributed by atoms with E-state index in [2.05, 4.69) is 0 Å². The number of rotatable bonds is 0. The molecule has 0 atom stereocenters. The van der Waals surface area contributed by atoms with Crippen LogP contribution in [0.25, 0.3) is 0 Å². The van der Waals surface area contributed by atoms with Crippen molar-refractivity contribution in [2.24, 2.45) is 0 Å². The maximum atomic E-state index is 8.59. The molecule has 12 heavy (non-hydrogen) atoms. The topological polar surface area (TPSA) is 161 Å². The van der Waals surface area contributed by atoms with E-state index < -0.39 is 27.2 Å². The molecule has 0 aliphatic heterocycles. The number of hydrogen-bond acceptors (Lipinski definition) is 8. The molecule has 0 heterocycles. The Balaban J connectivity index is -0.0000000457. The van der Waals surface area contributed by atoms with Gasteiger partial charge in [-0.15, -0.1) is 0 Å². The van der Waals surface area contributed by atoms with E-state index in [0.717, 1.165) is 0 Å². The zero-order chi connectivity index (χ0) is 9.00. The van der Waals surface area contributed by atoms with Gasteiger partial charge in [0.25, 0.3) is 0 Å². The molecule has 0 aliphatic carbocycles. The van der Waals surface area contributed by atoms with Gasteiger partial charge in [-0.1, -0.05) is 0 Å². The predicted octanol–water partition coefficient (Wildman–Crippen LogP) is -6.00. The van der Waals surface area contributed by atoms with Gasteiger partial charge < -0.3 is 0 Å². The van der Waals surface area contributed by atoms with Gasteiger partial charge in [0.15, 0.2) is 0 Å². The largest absolute Gasteiger partial charge is 2.00 e. The van der Waals surface area contributed by atoms with Crippen LogP contribution in [0.3, 0.4) is 0 Å². The predicted molar refractivity (Wildman–Crippen MR) is 14.3 cm³/mol. The average molecular weight is 457 g/mol. The van der Waals surface area contributed by atoms with E-state index in [1.54, 1.807) is 0 Å². The standard InChI is InChI=1S/Ba.2Cr.8O.Sr/q+2;;;;;;;4*-1;+2. The summed E-state index contributed by atoms with van der Waals surface area (Å²) in [5, 5.41) is 0. The van der Waals surface area contributed by atoms with Crippen LogP contribution >= 0.6 is 0 Å². The molecule has 0 aromatic heterocycles. The Morgan fingerprint density at radius 1 is 0.667 bits per heavy atom. The van der Waals surface area contributed by atoms with Crippen LogP contribution in [-0.4, -0.2) is 94.4 Å². The van der Waals surface area contributed by atoms with Crippen LogP contribution in [-0.2, 0) is 42.4 Å². The summed E-state index contributed by atoms with van der Waals surface area (Å²) >= 11 is -11.5. The summed E-state index contributed by atoms with van der Waals surface area (Å²) in [6, 6.07) is 0. The first kappa shape index (κ1) is 24.4. The smallest absolute Gasteiger partial charge is 2.00 e. The molecule has 0 saturated heterocycles. The van der Waals surface area contributed by atoms with E-state index in [9.17, 15) is 0 Å². The Morgan fingerprint density at radius 2 is 0.667 bits per heavy atom. The van der Waals surface area contributed by atoms with Gasteiger partial charge in [-0.25, -0.2) is 0 Å². The van der Waals surface area contributed by atoms with Crippen molar-refractivity contribution in [2.75, 3.05) is 0 Å². The molecular weight excluding hydrogens is 457 g/mol. The van der Waals surface area contributed by atoms with Crippen molar-refractivity contribution >= 4 is 94.4 Å². The third-order valence-electron chi connectivity index (χ3n) is 0. The molecule has 0 rings (SSSR count). The molecule has 64 valence electrons. The van der Waals surface area contributed by atoms with E-state index in [4.69, 9.17) is 31.8 Å². The zero-order valence-corrected chi connectivity index (χ0v) is 16.0. The van der Waals surface area contributed by atoms with Crippen LogP contribution in [0.1, 0.15) is 0 Å². The van der Waals surface area contributed by atoms with Gasteiger partial charge in [0.1, 0.15) is 0 Å². The summed E-state index contributed by atoms with van der Waals surface area (Å²) in [6.07, 6.45) is 0. The molecule has 0 aromatic carbocycles. The zero-order valence-electron chi connectivity index (χ0n) is 5.50. The van der Waals surface area contributed by atoms with E-state index in [1.165, 1.54) is 0 Å². The summed E-state index contributed by atoms with van der Waals surface area (Å²) in [5.74, 6) is 0. The Bertz CT molecular complexity index is 213. The fraction of sp³-hybridized carbons (Fsp3) is 0. The van der Waals surface area contributed by atoms with E-state index >= 15 is 0 Å². The van der Waals surface area contributed by atoms with Crippen LogP contribution in [0.15, 0.2) is 0 Å². The van der Waals surface area contributed by atoms with Crippen molar-refractivity contribution in [1.29, 1.82) is 0 Å². The molecular formula is BaCr2O8Sr. The van der Waals surface area contributed by atoms with Crippen molar-refractivity contribution in [1.82, 2.24) is 0 Å². The monoisotopic (exact) mass is 458 g/mol. The molecule has 0 fully saturated rings. The summed E-state index contributed by atoms with van der Waals surface area (Å²) in [4.78, 5) is 0. The fourth-order valence-electron chi connectivity index (χ4n) is 0. The summed E-state index contributed by atoms with van der Waals surface area (Å²) in [7, 11) is 0. The van der Waals surface area contributed by atoms with Gasteiger partial charge in [-0.3, -0.25) is 0 Å². The van der Waals surface area contributed by atoms with E-state index in [1.807, 2.05) is 0 Å². The fourth-order valence-corrected chi connectivity index (χ4v) is 0. The van der Waals surface area contributed by atoms with Crippen LogP contribution in [0, 0.1) is 0 Å². The maximum absolute atomic E-state index is 8.59. The van der Waals surface area contributed by atoms with Gasteiger partial charge in [0, 0.05) is 0 Å². The van der Waals surface area contributed by atoms with Gasteiger partial charge in [0.05, 0.1) is 0 Å². The average Bonchev–Trinajstić information content (AvgIpc) is 1.12. The van der Waals surface area contributed by atoms with Gasteiger partial charge in [-0.05, 0) is 0 Å². The first-order valence-electron chi connectivity index (χ1n) is 1.33. The number of hydrogen-bond donors (Lipinski definition) is 0. The Kier molecular flexibility index (Phi) is 21.7. The van der Waals surface area contributed by atoms with Gasteiger partial charge in [0.2, 0.25) is 0 Å². The summed E-state index contributed by atoms with van der Waals surface area (Å²) in [6.45, 7) is 0. The first-order chi connectivity index (χ1) is 4.00. The van der Waals surface area contributed by atoms with Crippen molar-refractivity contribution in [3.63, 3.8) is 0 Å². The third-order valence-corrected chi connectivity index (χ3v) is 0. The van der Waals surface area contributed by atoms with Crippen molar-refractivity contribution in [3.05, 3.63) is 0 Å². The van der Waals surface area contributed by atoms with Crippen LogP contribution in [0.2, 0.25) is 0 Å². The summed E-state index contributed by atoms with van der Waals surface area (Å²) in [5.41, 5.74) is 0. The Hall–Kier alpha value is 3.16. The van der Waals surface area contributed by atoms with Crippen molar-refractivity contribution in [3.8, 4) is 0 Å². The minimum absolute atomic E-state index is 0.